The van der Waals surface area contributed by atoms with Crippen LogP contribution in [0.5, 0.6) is 0 Å². The van der Waals surface area contributed by atoms with Gasteiger partial charge in [0.1, 0.15) is 11.6 Å². The van der Waals surface area contributed by atoms with E-state index in [0.717, 1.165) is 5.56 Å². The average Bonchev–Trinajstić information content (AvgIpc) is 3.46. The zero-order chi connectivity index (χ0) is 20.8. The Bertz CT molecular complexity index is 886. The summed E-state index contributed by atoms with van der Waals surface area (Å²) >= 11 is 0. The summed E-state index contributed by atoms with van der Waals surface area (Å²) in [5.41, 5.74) is 1.78. The number of carbonyl (C=O) groups is 1. The first kappa shape index (κ1) is 24.0. The fraction of sp³-hybridized carbons (Fsp3) is 0.364. The van der Waals surface area contributed by atoms with E-state index in [9.17, 15) is 13.6 Å². The van der Waals surface area contributed by atoms with E-state index < -0.39 is 11.6 Å². The van der Waals surface area contributed by atoms with Crippen LogP contribution < -0.4 is 16.0 Å². The summed E-state index contributed by atoms with van der Waals surface area (Å²) in [6, 6.07) is 11.4. The molecule has 1 fully saturated rings. The fourth-order valence-corrected chi connectivity index (χ4v) is 3.34. The smallest absolute Gasteiger partial charge is 0.251 e. The van der Waals surface area contributed by atoms with Gasteiger partial charge >= 0.3 is 0 Å². The highest BCUT2D eigenvalue weighted by Crippen LogP contribution is 2.43. The van der Waals surface area contributed by atoms with Crippen molar-refractivity contribution in [2.24, 2.45) is 4.99 Å². The Balaban J connectivity index is 0.00000320. The van der Waals surface area contributed by atoms with Crippen LogP contribution in [-0.4, -0.2) is 38.0 Å². The molecule has 2 atom stereocenters. The van der Waals surface area contributed by atoms with Crippen molar-refractivity contribution >= 4 is 35.8 Å². The summed E-state index contributed by atoms with van der Waals surface area (Å²) in [6.45, 7) is 3.17. The lowest BCUT2D eigenvalue weighted by Crippen LogP contribution is -2.39. The summed E-state index contributed by atoms with van der Waals surface area (Å²) in [6.07, 6.45) is 1.34. The molecule has 2 aromatic carbocycles. The van der Waals surface area contributed by atoms with E-state index in [2.05, 4.69) is 20.9 Å². The van der Waals surface area contributed by atoms with Crippen LogP contribution in [0.4, 0.5) is 8.78 Å². The van der Waals surface area contributed by atoms with E-state index in [1.54, 1.807) is 13.1 Å². The maximum atomic E-state index is 14.0. The lowest BCUT2D eigenvalue weighted by Gasteiger charge is -2.12. The molecule has 0 spiro atoms. The van der Waals surface area contributed by atoms with Gasteiger partial charge in [-0.3, -0.25) is 9.79 Å². The van der Waals surface area contributed by atoms with Gasteiger partial charge in [0.15, 0.2) is 5.96 Å². The maximum Gasteiger partial charge on any atom is 0.251 e. The lowest BCUT2D eigenvalue weighted by molar-refractivity contribution is 0.0963. The number of benzene rings is 2. The lowest BCUT2D eigenvalue weighted by atomic mass is 10.1. The molecule has 0 aliphatic heterocycles. The van der Waals surface area contributed by atoms with Crippen molar-refractivity contribution in [1.29, 1.82) is 0 Å². The Labute approximate surface area is 192 Å². The second kappa shape index (κ2) is 11.2. The molecule has 2 aromatic rings. The molecule has 2 unspecified atom stereocenters. The van der Waals surface area contributed by atoms with Crippen LogP contribution in [0.3, 0.4) is 0 Å². The van der Waals surface area contributed by atoms with Gasteiger partial charge in [0.25, 0.3) is 5.91 Å². The number of rotatable bonds is 7. The van der Waals surface area contributed by atoms with Gasteiger partial charge in [-0.1, -0.05) is 18.2 Å². The molecule has 3 N–H and O–H groups in total. The Morgan fingerprint density at radius 2 is 1.87 bits per heavy atom. The van der Waals surface area contributed by atoms with Crippen LogP contribution in [0.1, 0.15) is 40.7 Å². The zero-order valence-corrected chi connectivity index (χ0v) is 19.4. The van der Waals surface area contributed by atoms with Gasteiger partial charge in [-0.2, -0.15) is 0 Å². The predicted octanol–water partition coefficient (Wildman–Crippen LogP) is 3.60. The third-order valence-electron chi connectivity index (χ3n) is 4.91. The molecule has 0 bridgehead atoms. The normalized spacial score (nSPS) is 17.7. The minimum absolute atomic E-state index is 0. The van der Waals surface area contributed by atoms with Crippen molar-refractivity contribution in [2.75, 3.05) is 20.1 Å². The zero-order valence-electron chi connectivity index (χ0n) is 17.0. The van der Waals surface area contributed by atoms with Gasteiger partial charge in [-0.05, 0) is 49.6 Å². The van der Waals surface area contributed by atoms with Crippen molar-refractivity contribution < 1.29 is 13.6 Å². The van der Waals surface area contributed by atoms with E-state index in [-0.39, 0.29) is 47.4 Å². The molecule has 162 valence electrons. The average molecular weight is 528 g/mol. The van der Waals surface area contributed by atoms with Crippen LogP contribution >= 0.6 is 24.0 Å². The molecular weight excluding hydrogens is 501 g/mol. The Morgan fingerprint density at radius 3 is 2.53 bits per heavy atom. The Morgan fingerprint density at radius 1 is 1.17 bits per heavy atom. The van der Waals surface area contributed by atoms with Crippen molar-refractivity contribution in [3.05, 3.63) is 70.8 Å². The molecule has 30 heavy (non-hydrogen) atoms. The summed E-state index contributed by atoms with van der Waals surface area (Å²) in [4.78, 5) is 16.3. The number of halogens is 3. The first-order valence-corrected chi connectivity index (χ1v) is 9.83. The monoisotopic (exact) mass is 528 g/mol. The Kier molecular flexibility index (Phi) is 9.01. The highest BCUT2D eigenvalue weighted by Gasteiger charge is 2.42. The highest BCUT2D eigenvalue weighted by molar-refractivity contribution is 14.0. The van der Waals surface area contributed by atoms with E-state index in [1.165, 1.54) is 18.2 Å². The summed E-state index contributed by atoms with van der Waals surface area (Å²) in [5.74, 6) is -0.691. The van der Waals surface area contributed by atoms with Gasteiger partial charge in [-0.15, -0.1) is 24.0 Å². The van der Waals surface area contributed by atoms with Crippen molar-refractivity contribution in [3.63, 3.8) is 0 Å². The summed E-state index contributed by atoms with van der Waals surface area (Å²) in [7, 11) is 1.60. The first-order valence-electron chi connectivity index (χ1n) is 9.83. The van der Waals surface area contributed by atoms with E-state index in [4.69, 9.17) is 0 Å². The standard InChI is InChI=1S/C22H26F2N4O.HI/c1-3-26-22(27-11-10-14-6-4-7-15(12-14)21(29)25-2)28-19-13-16(19)20-17(23)8-5-9-18(20)24;/h4-9,12,16,19H,3,10-11,13H2,1-2H3,(H,25,29)(H2,26,27,28);1H. The van der Waals surface area contributed by atoms with Gasteiger partial charge in [-0.25, -0.2) is 8.78 Å². The number of hydrogen-bond donors (Lipinski definition) is 3. The summed E-state index contributed by atoms with van der Waals surface area (Å²) < 4.78 is 27.9. The Hall–Kier alpha value is -2.23. The van der Waals surface area contributed by atoms with Crippen molar-refractivity contribution in [2.45, 2.75) is 31.7 Å². The SMILES string of the molecule is CCNC(=NCCc1cccc(C(=O)NC)c1)NC1CC1c1c(F)cccc1F.I. The molecule has 8 heteroatoms. The number of nitrogens with zero attached hydrogens (tertiary/aromatic N) is 1. The fourth-order valence-electron chi connectivity index (χ4n) is 3.34. The molecule has 0 radical (unpaired) electrons. The molecule has 1 saturated carbocycles. The molecule has 1 amide bonds. The number of nitrogens with one attached hydrogen (secondary N) is 3. The molecule has 0 aromatic heterocycles. The molecular formula is C22H27F2IN4O. The quantitative estimate of drug-likeness (QED) is 0.293. The van der Waals surface area contributed by atoms with Crippen LogP contribution in [0.2, 0.25) is 0 Å². The van der Waals surface area contributed by atoms with Gasteiger partial charge in [0, 0.05) is 43.2 Å². The van der Waals surface area contributed by atoms with Crippen molar-refractivity contribution in [1.82, 2.24) is 16.0 Å². The molecule has 3 rings (SSSR count). The van der Waals surface area contributed by atoms with Crippen LogP contribution in [0, 0.1) is 11.6 Å². The molecule has 1 aliphatic rings. The van der Waals surface area contributed by atoms with E-state index >= 15 is 0 Å². The minimum atomic E-state index is -0.503. The second-order valence-corrected chi connectivity index (χ2v) is 7.02. The highest BCUT2D eigenvalue weighted by atomic mass is 127. The molecule has 5 nitrogen and oxygen atoms in total. The van der Waals surface area contributed by atoms with E-state index in [0.29, 0.717) is 37.5 Å². The molecule has 0 heterocycles. The van der Waals surface area contributed by atoms with Crippen LogP contribution in [0.15, 0.2) is 47.5 Å². The summed E-state index contributed by atoms with van der Waals surface area (Å²) in [5, 5.41) is 9.04. The maximum absolute atomic E-state index is 14.0. The van der Waals surface area contributed by atoms with E-state index in [1.807, 2.05) is 25.1 Å². The number of amides is 1. The second-order valence-electron chi connectivity index (χ2n) is 7.02. The topological polar surface area (TPSA) is 65.5 Å². The number of aliphatic imine (C=N–C) groups is 1. The predicted molar refractivity (Wildman–Crippen MR) is 126 cm³/mol. The molecule has 0 saturated heterocycles. The number of hydrogen-bond acceptors (Lipinski definition) is 2. The van der Waals surface area contributed by atoms with Crippen molar-refractivity contribution in [3.8, 4) is 0 Å². The number of carbonyl (C=O) groups excluding carboxylic acids is 1. The largest absolute Gasteiger partial charge is 0.357 e. The molecule has 1 aliphatic carbocycles. The third-order valence-corrected chi connectivity index (χ3v) is 4.91. The van der Waals surface area contributed by atoms with Gasteiger partial charge in [0.05, 0.1) is 0 Å². The third kappa shape index (κ3) is 6.13. The first-order chi connectivity index (χ1) is 14.0. The number of guanidine groups is 1. The van der Waals surface area contributed by atoms with Gasteiger partial charge in [0.2, 0.25) is 0 Å². The minimum Gasteiger partial charge on any atom is -0.357 e. The van der Waals surface area contributed by atoms with Crippen LogP contribution in [0.25, 0.3) is 0 Å². The van der Waals surface area contributed by atoms with Crippen LogP contribution in [-0.2, 0) is 6.42 Å². The van der Waals surface area contributed by atoms with Gasteiger partial charge < -0.3 is 16.0 Å².